The Labute approximate surface area is 110 Å². The molecule has 0 unspecified atom stereocenters. The van der Waals surface area contributed by atoms with Gasteiger partial charge in [-0.05, 0) is 31.2 Å². The van der Waals surface area contributed by atoms with Gasteiger partial charge in [-0.3, -0.25) is 0 Å². The highest BCUT2D eigenvalue weighted by atomic mass is 19.1. The summed E-state index contributed by atoms with van der Waals surface area (Å²) < 4.78 is 25.1. The molecule has 0 amide bonds. The molecule has 1 aromatic heterocycles. The minimum atomic E-state index is -0.407. The second-order valence-electron chi connectivity index (χ2n) is 4.10. The van der Waals surface area contributed by atoms with Crippen LogP contribution in [0.25, 0.3) is 10.9 Å². The van der Waals surface area contributed by atoms with Crippen LogP contribution in [0.15, 0.2) is 24.3 Å². The lowest BCUT2D eigenvalue weighted by molar-refractivity contribution is 0.0512. The van der Waals surface area contributed by atoms with E-state index >= 15 is 0 Å². The lowest BCUT2D eigenvalue weighted by Crippen LogP contribution is -2.14. The predicted molar refractivity (Wildman–Crippen MR) is 69.7 cm³/mol. The number of hydrogen-bond donors (Lipinski definition) is 0. The number of ether oxygens (including phenoxy) is 2. The second kappa shape index (κ2) is 5.84. The Morgan fingerprint density at radius 3 is 2.84 bits per heavy atom. The summed E-state index contributed by atoms with van der Waals surface area (Å²) in [7, 11) is 1.58. The van der Waals surface area contributed by atoms with E-state index in [9.17, 15) is 9.18 Å². The van der Waals surface area contributed by atoms with Crippen molar-refractivity contribution < 1.29 is 18.7 Å². The van der Waals surface area contributed by atoms with E-state index in [1.807, 2.05) is 0 Å². The van der Waals surface area contributed by atoms with Gasteiger partial charge in [-0.25, -0.2) is 9.18 Å². The van der Waals surface area contributed by atoms with Crippen LogP contribution < -0.4 is 0 Å². The number of benzene rings is 1. The van der Waals surface area contributed by atoms with Gasteiger partial charge in [-0.15, -0.1) is 0 Å². The summed E-state index contributed by atoms with van der Waals surface area (Å²) in [4.78, 5) is 11.9. The molecule has 0 radical (unpaired) electrons. The Morgan fingerprint density at radius 2 is 2.16 bits per heavy atom. The molecule has 0 saturated heterocycles. The summed E-state index contributed by atoms with van der Waals surface area (Å²) in [6.07, 6.45) is 0. The fraction of sp³-hybridized carbons (Fsp3) is 0.357. The van der Waals surface area contributed by atoms with E-state index in [4.69, 9.17) is 9.47 Å². The molecule has 102 valence electrons. The number of nitrogens with zero attached hydrogens (tertiary/aromatic N) is 1. The first-order chi connectivity index (χ1) is 9.17. The highest BCUT2D eigenvalue weighted by Crippen LogP contribution is 2.21. The van der Waals surface area contributed by atoms with E-state index in [1.165, 1.54) is 12.1 Å². The number of halogens is 1. The number of hydrogen-bond acceptors (Lipinski definition) is 3. The SMILES string of the molecule is CCOC(=O)c1cc2ccc(F)cc2n1CCOC. The van der Waals surface area contributed by atoms with Crippen LogP contribution >= 0.6 is 0 Å². The lowest BCUT2D eigenvalue weighted by Gasteiger charge is -2.09. The molecule has 0 saturated carbocycles. The Kier molecular flexibility index (Phi) is 4.16. The average molecular weight is 265 g/mol. The van der Waals surface area contributed by atoms with Gasteiger partial charge in [0, 0.05) is 19.0 Å². The van der Waals surface area contributed by atoms with E-state index in [0.29, 0.717) is 31.0 Å². The summed E-state index contributed by atoms with van der Waals surface area (Å²) >= 11 is 0. The van der Waals surface area contributed by atoms with Gasteiger partial charge in [0.05, 0.1) is 18.7 Å². The van der Waals surface area contributed by atoms with E-state index in [0.717, 1.165) is 5.39 Å². The molecule has 0 aliphatic carbocycles. The largest absolute Gasteiger partial charge is 0.461 e. The maximum Gasteiger partial charge on any atom is 0.354 e. The highest BCUT2D eigenvalue weighted by molar-refractivity contribution is 5.95. The molecule has 2 aromatic rings. The van der Waals surface area contributed by atoms with Gasteiger partial charge in [0.1, 0.15) is 11.5 Å². The Morgan fingerprint density at radius 1 is 1.37 bits per heavy atom. The van der Waals surface area contributed by atoms with E-state index in [1.54, 1.807) is 30.7 Å². The van der Waals surface area contributed by atoms with E-state index in [2.05, 4.69) is 0 Å². The van der Waals surface area contributed by atoms with Gasteiger partial charge in [0.2, 0.25) is 0 Å². The number of carbonyl (C=O) groups excluding carboxylic acids is 1. The maximum atomic E-state index is 13.3. The summed E-state index contributed by atoms with van der Waals surface area (Å²) in [5.74, 6) is -0.741. The molecule has 0 bridgehead atoms. The van der Waals surface area contributed by atoms with Crippen molar-refractivity contribution in [1.82, 2.24) is 4.57 Å². The molecule has 19 heavy (non-hydrogen) atoms. The standard InChI is InChI=1S/C14H16FNO3/c1-3-19-14(17)13-8-10-4-5-11(15)9-12(10)16(13)6-7-18-2/h4-5,8-9H,3,6-7H2,1-2H3. The molecule has 5 heteroatoms. The summed E-state index contributed by atoms with van der Waals surface area (Å²) in [6, 6.07) is 6.14. The quantitative estimate of drug-likeness (QED) is 0.780. The molecule has 0 N–H and O–H groups in total. The Hall–Kier alpha value is -1.88. The first kappa shape index (κ1) is 13.5. The number of aromatic nitrogens is 1. The van der Waals surface area contributed by atoms with Crippen molar-refractivity contribution >= 4 is 16.9 Å². The monoisotopic (exact) mass is 265 g/mol. The fourth-order valence-corrected chi connectivity index (χ4v) is 2.03. The van der Waals surface area contributed by atoms with Crippen LogP contribution in [-0.4, -0.2) is 30.9 Å². The molecule has 0 aliphatic rings. The number of methoxy groups -OCH3 is 1. The van der Waals surface area contributed by atoms with Gasteiger partial charge in [-0.2, -0.15) is 0 Å². The zero-order valence-corrected chi connectivity index (χ0v) is 11.0. The molecule has 0 fully saturated rings. The van der Waals surface area contributed by atoms with Crippen molar-refractivity contribution in [2.45, 2.75) is 13.5 Å². The van der Waals surface area contributed by atoms with Crippen LogP contribution in [0.5, 0.6) is 0 Å². The Bertz CT molecular complexity index is 592. The van der Waals surface area contributed by atoms with Crippen LogP contribution in [0.2, 0.25) is 0 Å². The van der Waals surface area contributed by atoms with Crippen molar-refractivity contribution in [3.05, 3.63) is 35.8 Å². The third-order valence-corrected chi connectivity index (χ3v) is 2.87. The first-order valence-electron chi connectivity index (χ1n) is 6.12. The molecular weight excluding hydrogens is 249 g/mol. The highest BCUT2D eigenvalue weighted by Gasteiger charge is 2.16. The average Bonchev–Trinajstić information content (AvgIpc) is 2.74. The molecule has 0 atom stereocenters. The van der Waals surface area contributed by atoms with Gasteiger partial charge >= 0.3 is 5.97 Å². The van der Waals surface area contributed by atoms with Gasteiger partial charge in [0.25, 0.3) is 0 Å². The molecular formula is C14H16FNO3. The van der Waals surface area contributed by atoms with Crippen LogP contribution in [-0.2, 0) is 16.0 Å². The van der Waals surface area contributed by atoms with Crippen molar-refractivity contribution in [2.75, 3.05) is 20.3 Å². The number of rotatable bonds is 5. The molecule has 0 spiro atoms. The molecule has 0 aliphatic heterocycles. The Balaban J connectivity index is 2.51. The summed E-state index contributed by atoms with van der Waals surface area (Å²) in [6.45, 7) is 2.96. The minimum absolute atomic E-state index is 0.305. The van der Waals surface area contributed by atoms with Gasteiger partial charge in [0.15, 0.2) is 0 Å². The molecule has 4 nitrogen and oxygen atoms in total. The smallest absolute Gasteiger partial charge is 0.354 e. The topological polar surface area (TPSA) is 40.5 Å². The van der Waals surface area contributed by atoms with Crippen molar-refractivity contribution in [3.8, 4) is 0 Å². The van der Waals surface area contributed by atoms with Crippen LogP contribution in [0.3, 0.4) is 0 Å². The zero-order valence-electron chi connectivity index (χ0n) is 11.0. The molecule has 2 rings (SSSR count). The lowest BCUT2D eigenvalue weighted by atomic mass is 10.2. The van der Waals surface area contributed by atoms with E-state index < -0.39 is 5.97 Å². The molecule has 1 aromatic carbocycles. The maximum absolute atomic E-state index is 13.3. The third kappa shape index (κ3) is 2.76. The normalized spacial score (nSPS) is 10.9. The summed E-state index contributed by atoms with van der Waals surface area (Å²) in [5.41, 5.74) is 1.08. The van der Waals surface area contributed by atoms with Gasteiger partial charge < -0.3 is 14.0 Å². The number of fused-ring (bicyclic) bond motifs is 1. The van der Waals surface area contributed by atoms with Gasteiger partial charge in [-0.1, -0.05) is 0 Å². The first-order valence-corrected chi connectivity index (χ1v) is 6.12. The number of esters is 1. The van der Waals surface area contributed by atoms with Crippen molar-refractivity contribution in [1.29, 1.82) is 0 Å². The summed E-state index contributed by atoms with van der Waals surface area (Å²) in [5, 5.41) is 0.806. The van der Waals surface area contributed by atoms with Crippen LogP contribution in [0.4, 0.5) is 4.39 Å². The fourth-order valence-electron chi connectivity index (χ4n) is 2.03. The van der Waals surface area contributed by atoms with Crippen molar-refractivity contribution in [3.63, 3.8) is 0 Å². The molecule has 1 heterocycles. The van der Waals surface area contributed by atoms with Crippen LogP contribution in [0, 0.1) is 5.82 Å². The minimum Gasteiger partial charge on any atom is -0.461 e. The van der Waals surface area contributed by atoms with E-state index in [-0.39, 0.29) is 5.82 Å². The predicted octanol–water partition coefficient (Wildman–Crippen LogP) is 2.60. The van der Waals surface area contributed by atoms with Crippen LogP contribution in [0.1, 0.15) is 17.4 Å². The zero-order chi connectivity index (χ0) is 13.8. The number of carbonyl (C=O) groups is 1. The second-order valence-corrected chi connectivity index (χ2v) is 4.10. The third-order valence-electron chi connectivity index (χ3n) is 2.87. The van der Waals surface area contributed by atoms with Crippen molar-refractivity contribution in [2.24, 2.45) is 0 Å².